The van der Waals surface area contributed by atoms with Crippen LogP contribution in [0, 0.1) is 0 Å². The van der Waals surface area contributed by atoms with Gasteiger partial charge in [-0.05, 0) is 35.9 Å². The van der Waals surface area contributed by atoms with E-state index in [1.807, 2.05) is 12.1 Å². The second kappa shape index (κ2) is 6.47. The van der Waals surface area contributed by atoms with Gasteiger partial charge in [0.2, 0.25) is 0 Å². The van der Waals surface area contributed by atoms with E-state index in [0.29, 0.717) is 17.1 Å². The van der Waals surface area contributed by atoms with Crippen LogP contribution in [-0.2, 0) is 9.84 Å². The number of aliphatic hydroxyl groups excluding tert-OH is 1. The van der Waals surface area contributed by atoms with E-state index in [9.17, 15) is 13.5 Å². The maximum Gasteiger partial charge on any atom is 0.175 e. The highest BCUT2D eigenvalue weighted by molar-refractivity contribution is 7.90. The van der Waals surface area contributed by atoms with Gasteiger partial charge in [0.25, 0.3) is 0 Å². The predicted molar refractivity (Wildman–Crippen MR) is 84.5 cm³/mol. The summed E-state index contributed by atoms with van der Waals surface area (Å²) < 4.78 is 22.7. The molecular weight excluding hydrogens is 310 g/mol. The number of nitrogens with one attached hydrogen (secondary N) is 1. The van der Waals surface area contributed by atoms with Crippen LogP contribution in [0.2, 0.25) is 5.02 Å². The number of rotatable bonds is 5. The highest BCUT2D eigenvalue weighted by Crippen LogP contribution is 2.19. The Kier molecular flexibility index (Phi) is 4.88. The van der Waals surface area contributed by atoms with Gasteiger partial charge in [-0.15, -0.1) is 0 Å². The van der Waals surface area contributed by atoms with Crippen molar-refractivity contribution in [2.75, 3.05) is 18.1 Å². The first-order valence-electron chi connectivity index (χ1n) is 6.34. The third-order valence-corrected chi connectivity index (χ3v) is 4.38. The second-order valence-corrected chi connectivity index (χ2v) is 7.20. The molecule has 0 radical (unpaired) electrons. The molecule has 1 unspecified atom stereocenters. The average molecular weight is 326 g/mol. The Hall–Kier alpha value is -1.56. The fourth-order valence-electron chi connectivity index (χ4n) is 1.87. The van der Waals surface area contributed by atoms with Gasteiger partial charge in [0, 0.05) is 23.5 Å². The average Bonchev–Trinajstić information content (AvgIpc) is 2.44. The van der Waals surface area contributed by atoms with E-state index in [2.05, 4.69) is 5.32 Å². The lowest BCUT2D eigenvalue weighted by Gasteiger charge is -2.13. The van der Waals surface area contributed by atoms with Crippen molar-refractivity contribution in [1.82, 2.24) is 0 Å². The molecule has 0 aliphatic rings. The third kappa shape index (κ3) is 4.46. The van der Waals surface area contributed by atoms with Crippen LogP contribution in [0.4, 0.5) is 5.69 Å². The molecule has 0 heterocycles. The predicted octanol–water partition coefficient (Wildman–Crippen LogP) is 2.89. The van der Waals surface area contributed by atoms with Crippen molar-refractivity contribution in [3.8, 4) is 0 Å². The molecule has 21 heavy (non-hydrogen) atoms. The summed E-state index contributed by atoms with van der Waals surface area (Å²) >= 11 is 5.88. The minimum Gasteiger partial charge on any atom is -0.387 e. The number of hydrogen-bond acceptors (Lipinski definition) is 4. The Balaban J connectivity index is 2.02. The fraction of sp³-hybridized carbons (Fsp3) is 0.200. The van der Waals surface area contributed by atoms with Gasteiger partial charge in [-0.1, -0.05) is 29.8 Å². The molecule has 112 valence electrons. The van der Waals surface area contributed by atoms with Crippen molar-refractivity contribution >= 4 is 27.1 Å². The van der Waals surface area contributed by atoms with Gasteiger partial charge in [0.05, 0.1) is 11.0 Å². The maximum absolute atomic E-state index is 11.4. The van der Waals surface area contributed by atoms with Crippen LogP contribution in [0.15, 0.2) is 53.4 Å². The van der Waals surface area contributed by atoms with Crippen LogP contribution >= 0.6 is 11.6 Å². The number of anilines is 1. The Bertz CT molecular complexity index is 714. The Morgan fingerprint density at radius 3 is 2.43 bits per heavy atom. The summed E-state index contributed by atoms with van der Waals surface area (Å²) in [6.45, 7) is 0.304. The molecule has 0 bridgehead atoms. The van der Waals surface area contributed by atoms with E-state index in [0.717, 1.165) is 11.9 Å². The maximum atomic E-state index is 11.4. The number of halogens is 1. The van der Waals surface area contributed by atoms with Gasteiger partial charge >= 0.3 is 0 Å². The summed E-state index contributed by atoms with van der Waals surface area (Å²) in [6, 6.07) is 13.4. The molecule has 0 aliphatic carbocycles. The van der Waals surface area contributed by atoms with Crippen molar-refractivity contribution in [3.05, 3.63) is 59.1 Å². The summed E-state index contributed by atoms with van der Waals surface area (Å²) in [5.41, 5.74) is 1.46. The summed E-state index contributed by atoms with van der Waals surface area (Å²) in [6.07, 6.45) is 0.414. The zero-order valence-corrected chi connectivity index (χ0v) is 13.0. The Morgan fingerprint density at radius 2 is 1.86 bits per heavy atom. The van der Waals surface area contributed by atoms with Crippen molar-refractivity contribution in [2.45, 2.75) is 11.0 Å². The zero-order valence-electron chi connectivity index (χ0n) is 11.5. The summed E-state index contributed by atoms with van der Waals surface area (Å²) in [5, 5.41) is 13.8. The van der Waals surface area contributed by atoms with E-state index in [-0.39, 0.29) is 4.90 Å². The molecule has 0 aliphatic heterocycles. The van der Waals surface area contributed by atoms with E-state index in [1.165, 1.54) is 12.1 Å². The van der Waals surface area contributed by atoms with Gasteiger partial charge in [0.15, 0.2) is 9.84 Å². The van der Waals surface area contributed by atoms with Crippen LogP contribution in [0.1, 0.15) is 11.7 Å². The SMILES string of the molecule is CS(=O)(=O)c1ccc(C(O)CNc2cccc(Cl)c2)cc1. The smallest absolute Gasteiger partial charge is 0.175 e. The van der Waals surface area contributed by atoms with Crippen LogP contribution in [0.3, 0.4) is 0 Å². The van der Waals surface area contributed by atoms with Crippen molar-refractivity contribution < 1.29 is 13.5 Å². The number of sulfone groups is 1. The number of benzene rings is 2. The molecule has 0 saturated carbocycles. The van der Waals surface area contributed by atoms with Gasteiger partial charge < -0.3 is 10.4 Å². The summed E-state index contributed by atoms with van der Waals surface area (Å²) in [7, 11) is -3.22. The zero-order chi connectivity index (χ0) is 15.5. The highest BCUT2D eigenvalue weighted by atomic mass is 35.5. The van der Waals surface area contributed by atoms with E-state index in [1.54, 1.807) is 24.3 Å². The van der Waals surface area contributed by atoms with Crippen LogP contribution in [0.25, 0.3) is 0 Å². The van der Waals surface area contributed by atoms with Gasteiger partial charge in [0.1, 0.15) is 0 Å². The molecule has 0 amide bonds. The lowest BCUT2D eigenvalue weighted by atomic mass is 10.1. The lowest BCUT2D eigenvalue weighted by molar-refractivity contribution is 0.191. The molecule has 0 saturated heterocycles. The van der Waals surface area contributed by atoms with E-state index in [4.69, 9.17) is 11.6 Å². The van der Waals surface area contributed by atoms with Gasteiger partial charge in [-0.2, -0.15) is 0 Å². The standard InChI is InChI=1S/C15H16ClNO3S/c1-21(19,20)14-7-5-11(6-8-14)15(18)10-17-13-4-2-3-12(16)9-13/h2-9,15,17-18H,10H2,1H3. The first kappa shape index (κ1) is 15.8. The summed E-state index contributed by atoms with van der Waals surface area (Å²) in [4.78, 5) is 0.237. The quantitative estimate of drug-likeness (QED) is 0.887. The van der Waals surface area contributed by atoms with Gasteiger partial charge in [-0.25, -0.2) is 8.42 Å². The summed E-state index contributed by atoms with van der Waals surface area (Å²) in [5.74, 6) is 0. The topological polar surface area (TPSA) is 66.4 Å². The monoisotopic (exact) mass is 325 g/mol. The Morgan fingerprint density at radius 1 is 1.19 bits per heavy atom. The van der Waals surface area contributed by atoms with Crippen LogP contribution in [-0.4, -0.2) is 26.3 Å². The van der Waals surface area contributed by atoms with Crippen molar-refractivity contribution in [1.29, 1.82) is 0 Å². The second-order valence-electron chi connectivity index (χ2n) is 4.75. The Labute approximate surface area is 129 Å². The molecule has 0 aromatic heterocycles. The highest BCUT2D eigenvalue weighted by Gasteiger charge is 2.10. The van der Waals surface area contributed by atoms with Gasteiger partial charge in [-0.3, -0.25) is 0 Å². The van der Waals surface area contributed by atoms with Crippen molar-refractivity contribution in [2.24, 2.45) is 0 Å². The molecule has 2 aromatic rings. The molecule has 2 aromatic carbocycles. The molecule has 6 heteroatoms. The molecule has 4 nitrogen and oxygen atoms in total. The normalized spacial score (nSPS) is 12.9. The number of aliphatic hydroxyl groups is 1. The first-order valence-corrected chi connectivity index (χ1v) is 8.61. The van der Waals surface area contributed by atoms with Crippen LogP contribution < -0.4 is 5.32 Å². The third-order valence-electron chi connectivity index (χ3n) is 3.02. The van der Waals surface area contributed by atoms with E-state index < -0.39 is 15.9 Å². The molecular formula is C15H16ClNO3S. The molecule has 2 N–H and O–H groups in total. The lowest BCUT2D eigenvalue weighted by Crippen LogP contribution is -2.12. The molecule has 0 fully saturated rings. The number of hydrogen-bond donors (Lipinski definition) is 2. The minimum absolute atomic E-state index is 0.237. The van der Waals surface area contributed by atoms with Crippen molar-refractivity contribution in [3.63, 3.8) is 0 Å². The molecule has 1 atom stereocenters. The molecule has 0 spiro atoms. The van der Waals surface area contributed by atoms with E-state index >= 15 is 0 Å². The fourth-order valence-corrected chi connectivity index (χ4v) is 2.69. The minimum atomic E-state index is -3.22. The van der Waals surface area contributed by atoms with Crippen LogP contribution in [0.5, 0.6) is 0 Å². The largest absolute Gasteiger partial charge is 0.387 e. The molecule has 2 rings (SSSR count). The first-order chi connectivity index (χ1) is 9.86.